The van der Waals surface area contributed by atoms with Gasteiger partial charge in [-0.2, -0.15) is 4.31 Å². The van der Waals surface area contributed by atoms with Gasteiger partial charge in [-0.3, -0.25) is 0 Å². The van der Waals surface area contributed by atoms with Gasteiger partial charge in [-0.25, -0.2) is 13.2 Å². The Morgan fingerprint density at radius 3 is 2.45 bits per heavy atom. The second-order valence-electron chi connectivity index (χ2n) is 6.54. The molecule has 0 unspecified atom stereocenters. The van der Waals surface area contributed by atoms with Crippen LogP contribution < -0.4 is 15.4 Å². The summed E-state index contributed by atoms with van der Waals surface area (Å²) < 4.78 is 37.3. The maximum Gasteiger partial charge on any atom is 0.319 e. The molecule has 9 heteroatoms. The van der Waals surface area contributed by atoms with Crippen LogP contribution >= 0.6 is 0 Å². The molecule has 1 saturated heterocycles. The van der Waals surface area contributed by atoms with Crippen LogP contribution in [0.3, 0.4) is 0 Å². The zero-order chi connectivity index (χ0) is 20.7. The van der Waals surface area contributed by atoms with Gasteiger partial charge in [-0.05, 0) is 23.3 Å². The van der Waals surface area contributed by atoms with Crippen molar-refractivity contribution in [2.45, 2.75) is 12.3 Å². The number of hydrogen-bond donors (Lipinski definition) is 2. The molecule has 2 aromatic rings. The van der Waals surface area contributed by atoms with Crippen LogP contribution in [0.4, 0.5) is 10.5 Å². The summed E-state index contributed by atoms with van der Waals surface area (Å²) >= 11 is 0. The minimum Gasteiger partial charge on any atom is -0.495 e. The second-order valence-corrected chi connectivity index (χ2v) is 8.51. The van der Waals surface area contributed by atoms with Crippen molar-refractivity contribution in [2.24, 2.45) is 0 Å². The van der Waals surface area contributed by atoms with Gasteiger partial charge < -0.3 is 20.1 Å². The lowest BCUT2D eigenvalue weighted by atomic mass is 10.1. The zero-order valence-electron chi connectivity index (χ0n) is 16.3. The molecule has 0 aromatic heterocycles. The third-order valence-corrected chi connectivity index (χ3v) is 6.44. The van der Waals surface area contributed by atoms with E-state index in [4.69, 9.17) is 9.47 Å². The number of amides is 2. The number of nitrogens with one attached hydrogen (secondary N) is 2. The average molecular weight is 420 g/mol. The van der Waals surface area contributed by atoms with Gasteiger partial charge in [-0.15, -0.1) is 0 Å². The fraction of sp³-hybridized carbons (Fsp3) is 0.350. The smallest absolute Gasteiger partial charge is 0.319 e. The van der Waals surface area contributed by atoms with E-state index in [2.05, 4.69) is 10.6 Å². The third kappa shape index (κ3) is 5.69. The van der Waals surface area contributed by atoms with Crippen molar-refractivity contribution in [1.29, 1.82) is 0 Å². The number of para-hydroxylation sites is 2. The lowest BCUT2D eigenvalue weighted by molar-refractivity contribution is 0.0729. The number of methoxy groups -OCH3 is 1. The number of rotatable bonds is 7. The number of morpholine rings is 1. The van der Waals surface area contributed by atoms with Gasteiger partial charge in [0, 0.05) is 19.6 Å². The summed E-state index contributed by atoms with van der Waals surface area (Å²) in [7, 11) is -1.92. The number of ether oxygens (including phenoxy) is 2. The second kappa shape index (κ2) is 9.73. The van der Waals surface area contributed by atoms with E-state index in [9.17, 15) is 13.2 Å². The molecule has 1 heterocycles. The molecule has 0 bridgehead atoms. The van der Waals surface area contributed by atoms with Gasteiger partial charge in [0.2, 0.25) is 10.0 Å². The maximum absolute atomic E-state index is 12.7. The summed E-state index contributed by atoms with van der Waals surface area (Å²) in [5.41, 5.74) is 1.96. The predicted molar refractivity (Wildman–Crippen MR) is 110 cm³/mol. The number of nitrogens with zero attached hydrogens (tertiary/aromatic N) is 1. The van der Waals surface area contributed by atoms with Gasteiger partial charge >= 0.3 is 6.03 Å². The summed E-state index contributed by atoms with van der Waals surface area (Å²) in [4.78, 5) is 12.3. The van der Waals surface area contributed by atoms with Gasteiger partial charge in [0.15, 0.2) is 0 Å². The number of anilines is 1. The van der Waals surface area contributed by atoms with Crippen molar-refractivity contribution >= 4 is 21.7 Å². The first kappa shape index (κ1) is 21.1. The van der Waals surface area contributed by atoms with Crippen molar-refractivity contribution in [1.82, 2.24) is 9.62 Å². The van der Waals surface area contributed by atoms with Crippen molar-refractivity contribution in [3.05, 3.63) is 59.7 Å². The van der Waals surface area contributed by atoms with Crippen LogP contribution in [0.2, 0.25) is 0 Å². The van der Waals surface area contributed by atoms with E-state index in [-0.39, 0.29) is 12.3 Å². The van der Waals surface area contributed by atoms with Crippen LogP contribution in [0.5, 0.6) is 5.75 Å². The van der Waals surface area contributed by atoms with Crippen LogP contribution in [0.25, 0.3) is 0 Å². The Morgan fingerprint density at radius 2 is 1.72 bits per heavy atom. The molecule has 0 radical (unpaired) electrons. The van der Waals surface area contributed by atoms with E-state index in [0.717, 1.165) is 5.56 Å². The van der Waals surface area contributed by atoms with E-state index in [1.54, 1.807) is 30.3 Å². The first-order valence-electron chi connectivity index (χ1n) is 9.30. The minimum absolute atomic E-state index is 0.112. The van der Waals surface area contributed by atoms with Gasteiger partial charge in [0.25, 0.3) is 0 Å². The fourth-order valence-corrected chi connectivity index (χ4v) is 4.64. The SMILES string of the molecule is COc1ccccc1NC(=O)NCc1ccccc1CS(=O)(=O)N1CCOCC1. The molecule has 2 aromatic carbocycles. The maximum atomic E-state index is 12.7. The molecule has 0 saturated carbocycles. The standard InChI is InChI=1S/C20H25N3O5S/c1-27-19-9-5-4-8-18(19)22-20(24)21-14-16-6-2-3-7-17(16)15-29(25,26)23-10-12-28-13-11-23/h2-9H,10-15H2,1H3,(H2,21,22,24). The molecule has 0 atom stereocenters. The molecule has 2 amide bonds. The average Bonchev–Trinajstić information content (AvgIpc) is 2.74. The van der Waals surface area contributed by atoms with Crippen LogP contribution in [0, 0.1) is 0 Å². The highest BCUT2D eigenvalue weighted by atomic mass is 32.2. The lowest BCUT2D eigenvalue weighted by Crippen LogP contribution is -2.41. The highest BCUT2D eigenvalue weighted by Crippen LogP contribution is 2.23. The van der Waals surface area contributed by atoms with Crippen molar-refractivity contribution in [3.63, 3.8) is 0 Å². The Labute approximate surface area is 170 Å². The number of urea groups is 1. The Balaban J connectivity index is 1.64. The normalized spacial score (nSPS) is 14.9. The Bertz CT molecular complexity index is 943. The zero-order valence-corrected chi connectivity index (χ0v) is 17.1. The van der Waals surface area contributed by atoms with E-state index >= 15 is 0 Å². The van der Waals surface area contributed by atoms with Crippen LogP contribution in [0.1, 0.15) is 11.1 Å². The number of sulfonamides is 1. The molecular weight excluding hydrogens is 394 g/mol. The lowest BCUT2D eigenvalue weighted by Gasteiger charge is -2.26. The highest BCUT2D eigenvalue weighted by Gasteiger charge is 2.25. The van der Waals surface area contributed by atoms with Gasteiger partial charge in [0.1, 0.15) is 5.75 Å². The van der Waals surface area contributed by atoms with Crippen LogP contribution in [0.15, 0.2) is 48.5 Å². The van der Waals surface area contributed by atoms with Gasteiger partial charge in [-0.1, -0.05) is 36.4 Å². The molecule has 29 heavy (non-hydrogen) atoms. The van der Waals surface area contributed by atoms with Crippen LogP contribution in [-0.4, -0.2) is 52.2 Å². The first-order valence-corrected chi connectivity index (χ1v) is 10.9. The van der Waals surface area contributed by atoms with E-state index in [0.29, 0.717) is 43.3 Å². The molecule has 8 nitrogen and oxygen atoms in total. The number of hydrogen-bond acceptors (Lipinski definition) is 5. The van der Waals surface area contributed by atoms with Crippen LogP contribution in [-0.2, 0) is 27.1 Å². The number of carbonyl (C=O) groups excluding carboxylic acids is 1. The van der Waals surface area contributed by atoms with E-state index in [1.807, 2.05) is 18.2 Å². The summed E-state index contributed by atoms with van der Waals surface area (Å²) in [5, 5.41) is 5.51. The van der Waals surface area contributed by atoms with Crippen molar-refractivity contribution in [3.8, 4) is 5.75 Å². The summed E-state index contributed by atoms with van der Waals surface area (Å²) in [5.74, 6) is 0.443. The summed E-state index contributed by atoms with van der Waals surface area (Å²) in [6.45, 7) is 1.75. The fourth-order valence-electron chi connectivity index (χ4n) is 3.07. The van der Waals surface area contributed by atoms with Crippen molar-refractivity contribution in [2.75, 3.05) is 38.7 Å². The molecule has 1 aliphatic heterocycles. The first-order chi connectivity index (χ1) is 14.0. The molecular formula is C20H25N3O5S. The monoisotopic (exact) mass is 419 g/mol. The Hall–Kier alpha value is -2.62. The van der Waals surface area contributed by atoms with Crippen molar-refractivity contribution < 1.29 is 22.7 Å². The van der Waals surface area contributed by atoms with E-state index in [1.165, 1.54) is 11.4 Å². The Kier molecular flexibility index (Phi) is 7.08. The Morgan fingerprint density at radius 1 is 1.07 bits per heavy atom. The topological polar surface area (TPSA) is 97.0 Å². The summed E-state index contributed by atoms with van der Waals surface area (Å²) in [6, 6.07) is 13.9. The predicted octanol–water partition coefficient (Wildman–Crippen LogP) is 2.18. The van der Waals surface area contributed by atoms with E-state index < -0.39 is 16.1 Å². The summed E-state index contributed by atoms with van der Waals surface area (Å²) in [6.07, 6.45) is 0. The molecule has 156 valence electrons. The molecule has 3 rings (SSSR count). The number of benzene rings is 2. The quantitative estimate of drug-likeness (QED) is 0.717. The molecule has 0 aliphatic carbocycles. The third-order valence-electron chi connectivity index (χ3n) is 4.61. The molecule has 1 fully saturated rings. The highest BCUT2D eigenvalue weighted by molar-refractivity contribution is 7.88. The van der Waals surface area contributed by atoms with Gasteiger partial charge in [0.05, 0.1) is 31.8 Å². The largest absolute Gasteiger partial charge is 0.495 e. The number of carbonyl (C=O) groups is 1. The minimum atomic E-state index is -3.45. The molecule has 2 N–H and O–H groups in total. The molecule has 1 aliphatic rings. The molecule has 0 spiro atoms.